The van der Waals surface area contributed by atoms with Gasteiger partial charge in [0.05, 0.1) is 37.9 Å². The zero-order valence-electron chi connectivity index (χ0n) is 20.7. The van der Waals surface area contributed by atoms with Gasteiger partial charge in [0.25, 0.3) is 0 Å². The molecule has 0 bridgehead atoms. The first-order valence-corrected chi connectivity index (χ1v) is 12.3. The van der Waals surface area contributed by atoms with Crippen LogP contribution in [-0.2, 0) is 9.47 Å². The highest BCUT2D eigenvalue weighted by molar-refractivity contribution is 5.70. The van der Waals surface area contributed by atoms with Crippen LogP contribution in [0.3, 0.4) is 0 Å². The Morgan fingerprint density at radius 3 is 2.49 bits per heavy atom. The number of hydrogen-bond acceptors (Lipinski definition) is 7. The molecule has 186 valence electrons. The molecule has 0 N–H and O–H groups in total. The summed E-state index contributed by atoms with van der Waals surface area (Å²) in [7, 11) is 3.28. The smallest absolute Gasteiger partial charge is 0.164 e. The maximum Gasteiger partial charge on any atom is 0.164 e. The van der Waals surface area contributed by atoms with Crippen molar-refractivity contribution in [1.82, 2.24) is 0 Å². The lowest BCUT2D eigenvalue weighted by atomic mass is 9.79. The fraction of sp³-hybridized carbons (Fsp3) is 0.500. The average molecular weight is 481 g/mol. The fourth-order valence-corrected chi connectivity index (χ4v) is 5.53. The second-order valence-corrected chi connectivity index (χ2v) is 10.0. The van der Waals surface area contributed by atoms with Crippen LogP contribution in [0.1, 0.15) is 55.4 Å². The first-order chi connectivity index (χ1) is 17.0. The lowest BCUT2D eigenvalue weighted by Gasteiger charge is -2.45. The molecule has 7 nitrogen and oxygen atoms in total. The van der Waals surface area contributed by atoms with E-state index in [4.69, 9.17) is 33.2 Å². The molecule has 3 atom stereocenters. The van der Waals surface area contributed by atoms with Gasteiger partial charge in [0.1, 0.15) is 35.6 Å². The van der Waals surface area contributed by atoms with E-state index >= 15 is 0 Å². The Kier molecular flexibility index (Phi) is 5.57. The zero-order chi connectivity index (χ0) is 24.2. The third kappa shape index (κ3) is 3.91. The first-order valence-electron chi connectivity index (χ1n) is 12.3. The maximum absolute atomic E-state index is 6.89. The largest absolute Gasteiger partial charge is 0.493 e. The van der Waals surface area contributed by atoms with Gasteiger partial charge in [-0.25, -0.2) is 0 Å². The van der Waals surface area contributed by atoms with Gasteiger partial charge < -0.3 is 33.2 Å². The molecule has 7 heteroatoms. The minimum atomic E-state index is -0.362. The number of benzene rings is 2. The summed E-state index contributed by atoms with van der Waals surface area (Å²) < 4.78 is 42.7. The molecule has 0 saturated carbocycles. The number of fused-ring (bicyclic) bond motifs is 6. The number of ether oxygens (including phenoxy) is 7. The molecule has 6 rings (SSSR count). The molecule has 35 heavy (non-hydrogen) atoms. The van der Waals surface area contributed by atoms with Gasteiger partial charge in [-0.15, -0.1) is 0 Å². The van der Waals surface area contributed by atoms with Crippen LogP contribution < -0.4 is 23.7 Å². The third-order valence-corrected chi connectivity index (χ3v) is 7.30. The predicted molar refractivity (Wildman–Crippen MR) is 130 cm³/mol. The highest BCUT2D eigenvalue weighted by Crippen LogP contribution is 2.55. The molecule has 2 aromatic rings. The Hall–Kier alpha value is -2.90. The number of hydrogen-bond donors (Lipinski definition) is 0. The minimum absolute atomic E-state index is 0.0584. The molecule has 4 heterocycles. The van der Waals surface area contributed by atoms with E-state index < -0.39 is 0 Å². The minimum Gasteiger partial charge on any atom is -0.493 e. The Labute approximate surface area is 205 Å². The standard InChI is InChI=1S/C28H32O7/c1-28(2)10-7-17-20(35-28)6-5-18-26(17)34-24-15-32-21-14-23(30-4)22(29-3)13-19(21)25(24)27(18)33-16-8-11-31-12-9-16/h5-7,10,13-14,16,24-25,27H,8-9,11-12,15H2,1-4H3/t24-,25+,27-/m1/s1. The van der Waals surface area contributed by atoms with Gasteiger partial charge in [-0.2, -0.15) is 0 Å². The summed E-state index contributed by atoms with van der Waals surface area (Å²) in [4.78, 5) is 0. The van der Waals surface area contributed by atoms with Crippen LogP contribution in [0.4, 0.5) is 0 Å². The van der Waals surface area contributed by atoms with Crippen molar-refractivity contribution in [3.63, 3.8) is 0 Å². The number of methoxy groups -OCH3 is 2. The van der Waals surface area contributed by atoms with Crippen molar-refractivity contribution in [1.29, 1.82) is 0 Å². The lowest BCUT2D eigenvalue weighted by Crippen LogP contribution is -2.44. The van der Waals surface area contributed by atoms with E-state index in [-0.39, 0.29) is 29.8 Å². The number of rotatable bonds is 4. The Morgan fingerprint density at radius 2 is 1.71 bits per heavy atom. The average Bonchev–Trinajstić information content (AvgIpc) is 2.87. The van der Waals surface area contributed by atoms with Gasteiger partial charge in [-0.3, -0.25) is 0 Å². The van der Waals surface area contributed by atoms with Crippen molar-refractivity contribution in [3.05, 3.63) is 47.0 Å². The first kappa shape index (κ1) is 22.6. The van der Waals surface area contributed by atoms with E-state index in [1.54, 1.807) is 14.2 Å². The monoisotopic (exact) mass is 480 g/mol. The van der Waals surface area contributed by atoms with E-state index in [2.05, 4.69) is 18.2 Å². The molecule has 0 unspecified atom stereocenters. The van der Waals surface area contributed by atoms with Crippen molar-refractivity contribution in [2.75, 3.05) is 34.0 Å². The second kappa shape index (κ2) is 8.64. The van der Waals surface area contributed by atoms with E-state index in [1.165, 1.54) is 0 Å². The Balaban J connectivity index is 1.47. The predicted octanol–water partition coefficient (Wildman–Crippen LogP) is 5.06. The third-order valence-electron chi connectivity index (χ3n) is 7.30. The normalized spacial score (nSPS) is 26.1. The van der Waals surface area contributed by atoms with E-state index in [1.807, 2.05) is 32.0 Å². The summed E-state index contributed by atoms with van der Waals surface area (Å²) in [5, 5.41) is 0. The quantitative estimate of drug-likeness (QED) is 0.606. The van der Waals surface area contributed by atoms with Crippen LogP contribution >= 0.6 is 0 Å². The molecule has 2 aromatic carbocycles. The summed E-state index contributed by atoms with van der Waals surface area (Å²) in [6, 6.07) is 8.04. The summed E-state index contributed by atoms with van der Waals surface area (Å²) in [6.45, 7) is 5.95. The molecule has 1 fully saturated rings. The molecular formula is C28H32O7. The molecular weight excluding hydrogens is 448 g/mol. The van der Waals surface area contributed by atoms with Gasteiger partial charge in [-0.05, 0) is 57.0 Å². The SMILES string of the molecule is COc1cc2c(cc1OC)[C@@H]1[C@H](OC3CCOCC3)c3ccc4c(c3O[C@@H]1CO2)C=CC(C)(C)O4. The van der Waals surface area contributed by atoms with E-state index in [0.717, 1.165) is 60.0 Å². The van der Waals surface area contributed by atoms with Crippen LogP contribution in [0.5, 0.6) is 28.7 Å². The maximum atomic E-state index is 6.89. The lowest BCUT2D eigenvalue weighted by molar-refractivity contribution is -0.105. The zero-order valence-corrected chi connectivity index (χ0v) is 20.7. The second-order valence-electron chi connectivity index (χ2n) is 10.0. The van der Waals surface area contributed by atoms with Crippen molar-refractivity contribution < 1.29 is 33.2 Å². The Morgan fingerprint density at radius 1 is 0.943 bits per heavy atom. The van der Waals surface area contributed by atoms with Gasteiger partial charge in [0.2, 0.25) is 0 Å². The summed E-state index contributed by atoms with van der Waals surface area (Å²) in [5.41, 5.74) is 2.64. The van der Waals surface area contributed by atoms with Gasteiger partial charge in [0.15, 0.2) is 11.5 Å². The molecule has 0 radical (unpaired) electrons. The highest BCUT2D eigenvalue weighted by Gasteiger charge is 2.47. The molecule has 0 aliphatic carbocycles. The summed E-state index contributed by atoms with van der Waals surface area (Å²) >= 11 is 0. The fourth-order valence-electron chi connectivity index (χ4n) is 5.53. The molecule has 0 aromatic heterocycles. The van der Waals surface area contributed by atoms with Crippen molar-refractivity contribution in [3.8, 4) is 28.7 Å². The molecule has 0 amide bonds. The topological polar surface area (TPSA) is 64.6 Å². The van der Waals surface area contributed by atoms with Crippen LogP contribution in [0.15, 0.2) is 30.3 Å². The van der Waals surface area contributed by atoms with Crippen LogP contribution in [0.2, 0.25) is 0 Å². The van der Waals surface area contributed by atoms with Crippen LogP contribution in [0, 0.1) is 0 Å². The Bertz CT molecular complexity index is 1150. The summed E-state index contributed by atoms with van der Waals surface area (Å²) in [5.74, 6) is 3.66. The molecule has 1 saturated heterocycles. The van der Waals surface area contributed by atoms with Crippen molar-refractivity contribution in [2.45, 2.75) is 56.5 Å². The van der Waals surface area contributed by atoms with Gasteiger partial charge >= 0.3 is 0 Å². The van der Waals surface area contributed by atoms with Gasteiger partial charge in [0, 0.05) is 30.4 Å². The van der Waals surface area contributed by atoms with Crippen molar-refractivity contribution >= 4 is 6.08 Å². The molecule has 4 aliphatic rings. The van der Waals surface area contributed by atoms with Crippen LogP contribution in [0.25, 0.3) is 6.08 Å². The summed E-state index contributed by atoms with van der Waals surface area (Å²) in [6.07, 6.45) is 5.63. The highest BCUT2D eigenvalue weighted by atomic mass is 16.6. The van der Waals surface area contributed by atoms with E-state index in [0.29, 0.717) is 18.1 Å². The molecule has 4 aliphatic heterocycles. The van der Waals surface area contributed by atoms with E-state index in [9.17, 15) is 0 Å². The van der Waals surface area contributed by atoms with Crippen LogP contribution in [-0.4, -0.2) is 51.8 Å². The van der Waals surface area contributed by atoms with Gasteiger partial charge in [-0.1, -0.05) is 0 Å². The van der Waals surface area contributed by atoms with Crippen molar-refractivity contribution in [2.24, 2.45) is 0 Å². The molecule has 0 spiro atoms.